The van der Waals surface area contributed by atoms with E-state index in [0.717, 1.165) is 25.2 Å². The molecule has 1 N–H and O–H groups in total. The van der Waals surface area contributed by atoms with Crippen molar-refractivity contribution in [3.63, 3.8) is 0 Å². The van der Waals surface area contributed by atoms with Crippen molar-refractivity contribution < 1.29 is 4.74 Å². The van der Waals surface area contributed by atoms with E-state index in [2.05, 4.69) is 23.1 Å². The molecule has 0 aromatic heterocycles. The third-order valence-electron chi connectivity index (χ3n) is 3.29. The maximum atomic E-state index is 7.44. The highest BCUT2D eigenvalue weighted by Gasteiger charge is 2.26. The molecule has 0 aliphatic carbocycles. The smallest absolute Gasteiger partial charge is 0.0920 e. The number of hydrogen-bond donors (Lipinski definition) is 1. The van der Waals surface area contributed by atoms with E-state index in [9.17, 15) is 0 Å². The van der Waals surface area contributed by atoms with Crippen LogP contribution in [0.3, 0.4) is 0 Å². The zero-order chi connectivity index (χ0) is 13.5. The SMILES string of the molecule is COC1CN(/C(C=N)=C/C=C/Cc2ccccc2)C1. The minimum atomic E-state index is 0.316. The van der Waals surface area contributed by atoms with E-state index in [-0.39, 0.29) is 0 Å². The molecular formula is C16H20N2O. The number of allylic oxidation sites excluding steroid dienone is 4. The summed E-state index contributed by atoms with van der Waals surface area (Å²) in [6, 6.07) is 10.4. The first kappa shape index (κ1) is 13.6. The number of hydrogen-bond acceptors (Lipinski definition) is 3. The molecule has 0 saturated carbocycles. The van der Waals surface area contributed by atoms with E-state index >= 15 is 0 Å². The molecule has 3 heteroatoms. The lowest BCUT2D eigenvalue weighted by molar-refractivity contribution is -0.00796. The predicted molar refractivity (Wildman–Crippen MR) is 78.5 cm³/mol. The molecule has 1 aliphatic heterocycles. The summed E-state index contributed by atoms with van der Waals surface area (Å²) in [5.74, 6) is 0. The number of ether oxygens (including phenoxy) is 1. The van der Waals surface area contributed by atoms with Crippen LogP contribution in [0.15, 0.2) is 54.3 Å². The van der Waals surface area contributed by atoms with E-state index in [1.807, 2.05) is 30.4 Å². The van der Waals surface area contributed by atoms with E-state index < -0.39 is 0 Å². The molecule has 1 aliphatic rings. The van der Waals surface area contributed by atoms with Crippen LogP contribution in [-0.2, 0) is 11.2 Å². The van der Waals surface area contributed by atoms with Gasteiger partial charge in [-0.1, -0.05) is 42.5 Å². The Hall–Kier alpha value is -1.87. The van der Waals surface area contributed by atoms with E-state index in [1.54, 1.807) is 7.11 Å². The van der Waals surface area contributed by atoms with Gasteiger partial charge in [0, 0.05) is 26.4 Å². The van der Waals surface area contributed by atoms with Gasteiger partial charge in [0.05, 0.1) is 11.8 Å². The van der Waals surface area contributed by atoms with E-state index in [0.29, 0.717) is 6.10 Å². The Labute approximate surface area is 114 Å². The number of likely N-dealkylation sites (tertiary alicyclic amines) is 1. The summed E-state index contributed by atoms with van der Waals surface area (Å²) in [5.41, 5.74) is 2.24. The highest BCUT2D eigenvalue weighted by Crippen LogP contribution is 2.16. The normalized spacial score (nSPS) is 16.7. The van der Waals surface area contributed by atoms with Crippen molar-refractivity contribution in [3.8, 4) is 0 Å². The number of rotatable bonds is 6. The Morgan fingerprint density at radius 1 is 1.37 bits per heavy atom. The van der Waals surface area contributed by atoms with Crippen molar-refractivity contribution in [1.82, 2.24) is 4.90 Å². The van der Waals surface area contributed by atoms with Crippen molar-refractivity contribution in [3.05, 3.63) is 59.8 Å². The van der Waals surface area contributed by atoms with Crippen molar-refractivity contribution in [2.45, 2.75) is 12.5 Å². The van der Waals surface area contributed by atoms with Crippen LogP contribution in [0.5, 0.6) is 0 Å². The van der Waals surface area contributed by atoms with Crippen LogP contribution in [0.1, 0.15) is 5.56 Å². The van der Waals surface area contributed by atoms with Crippen molar-refractivity contribution in [1.29, 1.82) is 5.41 Å². The summed E-state index contributed by atoms with van der Waals surface area (Å²) >= 11 is 0. The van der Waals surface area contributed by atoms with Gasteiger partial charge >= 0.3 is 0 Å². The quantitative estimate of drug-likeness (QED) is 0.627. The van der Waals surface area contributed by atoms with Gasteiger partial charge in [-0.05, 0) is 18.1 Å². The van der Waals surface area contributed by atoms with Crippen LogP contribution in [0, 0.1) is 5.41 Å². The maximum absolute atomic E-state index is 7.44. The standard InChI is InChI=1S/C16H20N2O/c1-19-16-12-18(13-16)15(11-17)10-6-5-9-14-7-3-2-4-8-14/h2-8,10-11,16-17H,9,12-13H2,1H3/b6-5+,15-10+,17-11?. The van der Waals surface area contributed by atoms with Gasteiger partial charge in [-0.2, -0.15) is 0 Å². The Kier molecular flexibility index (Phi) is 4.93. The summed E-state index contributed by atoms with van der Waals surface area (Å²) in [6.45, 7) is 1.76. The lowest BCUT2D eigenvalue weighted by atomic mass is 10.1. The monoisotopic (exact) mass is 256 g/mol. The first-order valence-electron chi connectivity index (χ1n) is 6.52. The fourth-order valence-electron chi connectivity index (χ4n) is 2.03. The summed E-state index contributed by atoms with van der Waals surface area (Å²) in [7, 11) is 1.73. The summed E-state index contributed by atoms with van der Waals surface area (Å²) in [6.07, 6.45) is 8.76. The van der Waals surface area contributed by atoms with Gasteiger partial charge in [-0.25, -0.2) is 0 Å². The minimum Gasteiger partial charge on any atom is -0.378 e. The van der Waals surface area contributed by atoms with Gasteiger partial charge in [0.25, 0.3) is 0 Å². The van der Waals surface area contributed by atoms with Crippen LogP contribution >= 0.6 is 0 Å². The molecular weight excluding hydrogens is 236 g/mol. The Morgan fingerprint density at radius 3 is 2.74 bits per heavy atom. The zero-order valence-electron chi connectivity index (χ0n) is 11.3. The third-order valence-corrected chi connectivity index (χ3v) is 3.29. The Balaban J connectivity index is 1.84. The third kappa shape index (κ3) is 3.80. The minimum absolute atomic E-state index is 0.316. The average Bonchev–Trinajstić information content (AvgIpc) is 2.41. The van der Waals surface area contributed by atoms with Crippen LogP contribution in [0.2, 0.25) is 0 Å². The number of methoxy groups -OCH3 is 1. The highest BCUT2D eigenvalue weighted by atomic mass is 16.5. The second kappa shape index (κ2) is 6.90. The van der Waals surface area contributed by atoms with Crippen molar-refractivity contribution in [2.75, 3.05) is 20.2 Å². The van der Waals surface area contributed by atoms with Crippen LogP contribution in [0.4, 0.5) is 0 Å². The fraction of sp³-hybridized carbons (Fsp3) is 0.312. The highest BCUT2D eigenvalue weighted by molar-refractivity contribution is 5.75. The van der Waals surface area contributed by atoms with Gasteiger partial charge in [-0.3, -0.25) is 0 Å². The molecule has 19 heavy (non-hydrogen) atoms. The van der Waals surface area contributed by atoms with Gasteiger partial charge in [0.1, 0.15) is 0 Å². The molecule has 3 nitrogen and oxygen atoms in total. The molecule has 100 valence electrons. The maximum Gasteiger partial charge on any atom is 0.0920 e. The molecule has 0 atom stereocenters. The number of nitrogens with one attached hydrogen (secondary N) is 1. The lowest BCUT2D eigenvalue weighted by Gasteiger charge is -2.40. The molecule has 0 radical (unpaired) electrons. The van der Waals surface area contributed by atoms with Gasteiger partial charge in [-0.15, -0.1) is 0 Å². The Morgan fingerprint density at radius 2 is 2.11 bits per heavy atom. The molecule has 0 spiro atoms. The summed E-state index contributed by atoms with van der Waals surface area (Å²) in [5, 5.41) is 7.44. The summed E-state index contributed by atoms with van der Waals surface area (Å²) in [4.78, 5) is 2.15. The van der Waals surface area contributed by atoms with E-state index in [4.69, 9.17) is 10.1 Å². The molecule has 1 fully saturated rings. The summed E-state index contributed by atoms with van der Waals surface area (Å²) < 4.78 is 5.23. The molecule has 1 aromatic carbocycles. The molecule has 0 unspecified atom stereocenters. The van der Waals surface area contributed by atoms with E-state index in [1.165, 1.54) is 11.8 Å². The average molecular weight is 256 g/mol. The first-order valence-corrected chi connectivity index (χ1v) is 6.52. The van der Waals surface area contributed by atoms with Crippen LogP contribution in [-0.4, -0.2) is 37.4 Å². The van der Waals surface area contributed by atoms with Gasteiger partial charge < -0.3 is 15.0 Å². The number of benzene rings is 1. The zero-order valence-corrected chi connectivity index (χ0v) is 11.3. The molecule has 0 amide bonds. The second-order valence-corrected chi connectivity index (χ2v) is 4.62. The molecule has 1 heterocycles. The topological polar surface area (TPSA) is 36.3 Å². The number of nitrogens with zero attached hydrogens (tertiary/aromatic N) is 1. The van der Waals surface area contributed by atoms with Gasteiger partial charge in [0.2, 0.25) is 0 Å². The first-order chi connectivity index (χ1) is 9.33. The molecule has 1 aromatic rings. The second-order valence-electron chi connectivity index (χ2n) is 4.62. The largest absolute Gasteiger partial charge is 0.378 e. The van der Waals surface area contributed by atoms with Crippen LogP contribution in [0.25, 0.3) is 0 Å². The lowest BCUT2D eigenvalue weighted by Crippen LogP contribution is -2.51. The van der Waals surface area contributed by atoms with Crippen molar-refractivity contribution in [2.24, 2.45) is 0 Å². The Bertz CT molecular complexity index is 459. The molecule has 0 bridgehead atoms. The molecule has 2 rings (SSSR count). The van der Waals surface area contributed by atoms with Gasteiger partial charge in [0.15, 0.2) is 0 Å². The van der Waals surface area contributed by atoms with Crippen LogP contribution < -0.4 is 0 Å². The van der Waals surface area contributed by atoms with Crippen molar-refractivity contribution >= 4 is 6.21 Å². The fourth-order valence-corrected chi connectivity index (χ4v) is 2.03. The predicted octanol–water partition coefficient (Wildman–Crippen LogP) is 2.65. The molecule has 1 saturated heterocycles.